The Labute approximate surface area is 92.8 Å². The molecule has 1 aliphatic heterocycles. The lowest BCUT2D eigenvalue weighted by Gasteiger charge is -2.02. The third-order valence-electron chi connectivity index (χ3n) is 2.11. The molecule has 0 aliphatic carbocycles. The lowest BCUT2D eigenvalue weighted by Crippen LogP contribution is -1.92. The van der Waals surface area contributed by atoms with Crippen LogP contribution < -0.4 is 9.47 Å². The van der Waals surface area contributed by atoms with Crippen LogP contribution in [0.15, 0.2) is 24.0 Å². The standard InChI is InChI=1S/C10H11O5P/c1-13-16(11,12)5-4-8-2-3-9-10(6-8)15-7-14-9/h2-6H,7H2,1H3,(H,11,12)/b5-4+. The highest BCUT2D eigenvalue weighted by atomic mass is 31.2. The molecule has 0 bridgehead atoms. The summed E-state index contributed by atoms with van der Waals surface area (Å²) in [4.78, 5) is 9.17. The van der Waals surface area contributed by atoms with Crippen LogP contribution in [0.25, 0.3) is 6.08 Å². The van der Waals surface area contributed by atoms with E-state index in [2.05, 4.69) is 4.52 Å². The Morgan fingerprint density at radius 2 is 2.19 bits per heavy atom. The van der Waals surface area contributed by atoms with Crippen LogP contribution in [0.2, 0.25) is 0 Å². The van der Waals surface area contributed by atoms with E-state index in [0.717, 1.165) is 11.4 Å². The molecule has 0 amide bonds. The van der Waals surface area contributed by atoms with E-state index >= 15 is 0 Å². The maximum absolute atomic E-state index is 11.2. The van der Waals surface area contributed by atoms with Gasteiger partial charge in [0.15, 0.2) is 11.5 Å². The van der Waals surface area contributed by atoms with Crippen LogP contribution in [-0.2, 0) is 9.09 Å². The molecular weight excluding hydrogens is 231 g/mol. The zero-order chi connectivity index (χ0) is 11.6. The number of hydrogen-bond donors (Lipinski definition) is 1. The minimum atomic E-state index is -3.61. The molecule has 0 fully saturated rings. The number of benzene rings is 1. The molecule has 1 atom stereocenters. The summed E-state index contributed by atoms with van der Waals surface area (Å²) in [7, 11) is -2.43. The highest BCUT2D eigenvalue weighted by Gasteiger charge is 2.14. The number of ether oxygens (including phenoxy) is 2. The molecule has 0 spiro atoms. The predicted molar refractivity (Wildman–Crippen MR) is 58.4 cm³/mol. The first-order valence-electron chi connectivity index (χ1n) is 4.58. The van der Waals surface area contributed by atoms with E-state index in [1.54, 1.807) is 18.2 Å². The second-order valence-electron chi connectivity index (χ2n) is 3.18. The molecule has 0 saturated heterocycles. The van der Waals surface area contributed by atoms with Gasteiger partial charge in [0.05, 0.1) is 0 Å². The fourth-order valence-corrected chi connectivity index (χ4v) is 1.74. The van der Waals surface area contributed by atoms with Gasteiger partial charge in [0.2, 0.25) is 6.79 Å². The monoisotopic (exact) mass is 242 g/mol. The second kappa shape index (κ2) is 4.29. The maximum atomic E-state index is 11.2. The molecule has 86 valence electrons. The van der Waals surface area contributed by atoms with Gasteiger partial charge in [-0.2, -0.15) is 0 Å². The highest BCUT2D eigenvalue weighted by molar-refractivity contribution is 7.56. The largest absolute Gasteiger partial charge is 0.454 e. The minimum absolute atomic E-state index is 0.207. The summed E-state index contributed by atoms with van der Waals surface area (Å²) in [6.45, 7) is 0.207. The Kier molecular flexibility index (Phi) is 3.01. The Morgan fingerprint density at radius 3 is 2.94 bits per heavy atom. The summed E-state index contributed by atoms with van der Waals surface area (Å²) in [6, 6.07) is 5.24. The van der Waals surface area contributed by atoms with Gasteiger partial charge in [0, 0.05) is 12.9 Å². The van der Waals surface area contributed by atoms with Crippen molar-refractivity contribution in [3.05, 3.63) is 29.6 Å². The molecule has 1 heterocycles. The fourth-order valence-electron chi connectivity index (χ4n) is 1.26. The smallest absolute Gasteiger partial charge is 0.351 e. The first-order valence-corrected chi connectivity index (χ1v) is 6.22. The molecule has 0 saturated carbocycles. The first-order chi connectivity index (χ1) is 7.61. The quantitative estimate of drug-likeness (QED) is 0.823. The van der Waals surface area contributed by atoms with Gasteiger partial charge in [-0.3, -0.25) is 4.57 Å². The van der Waals surface area contributed by atoms with Gasteiger partial charge in [-0.1, -0.05) is 6.07 Å². The first kappa shape index (κ1) is 11.2. The third kappa shape index (κ3) is 2.44. The topological polar surface area (TPSA) is 65.0 Å². The zero-order valence-corrected chi connectivity index (χ0v) is 9.52. The van der Waals surface area contributed by atoms with Crippen LogP contribution in [-0.4, -0.2) is 18.8 Å². The molecule has 1 aromatic rings. The van der Waals surface area contributed by atoms with Gasteiger partial charge in [0.25, 0.3) is 0 Å². The van der Waals surface area contributed by atoms with Crippen LogP contribution >= 0.6 is 7.60 Å². The van der Waals surface area contributed by atoms with Crippen LogP contribution in [0.4, 0.5) is 0 Å². The summed E-state index contributed by atoms with van der Waals surface area (Å²) in [5.41, 5.74) is 0.746. The van der Waals surface area contributed by atoms with Crippen molar-refractivity contribution in [2.24, 2.45) is 0 Å². The molecular formula is C10H11O5P. The average Bonchev–Trinajstić information content (AvgIpc) is 2.73. The third-order valence-corrected chi connectivity index (χ3v) is 3.16. The summed E-state index contributed by atoms with van der Waals surface area (Å²) in [5.74, 6) is 2.44. The summed E-state index contributed by atoms with van der Waals surface area (Å²) < 4.78 is 25.9. The summed E-state index contributed by atoms with van der Waals surface area (Å²) in [5, 5.41) is 0. The van der Waals surface area contributed by atoms with Crippen LogP contribution in [0.5, 0.6) is 11.5 Å². The van der Waals surface area contributed by atoms with Gasteiger partial charge < -0.3 is 18.9 Å². The second-order valence-corrected chi connectivity index (χ2v) is 4.97. The molecule has 2 rings (SSSR count). The van der Waals surface area contributed by atoms with Crippen molar-refractivity contribution >= 4 is 13.7 Å². The van der Waals surface area contributed by atoms with E-state index in [0.29, 0.717) is 11.5 Å². The van der Waals surface area contributed by atoms with E-state index in [1.165, 1.54) is 13.2 Å². The summed E-state index contributed by atoms with van der Waals surface area (Å²) in [6.07, 6.45) is 1.51. The Balaban J connectivity index is 2.20. The predicted octanol–water partition coefficient (Wildman–Crippen LogP) is 2.22. The van der Waals surface area contributed by atoms with E-state index in [4.69, 9.17) is 14.4 Å². The molecule has 1 aromatic carbocycles. The molecule has 6 heteroatoms. The van der Waals surface area contributed by atoms with Gasteiger partial charge in [0.1, 0.15) is 0 Å². The van der Waals surface area contributed by atoms with Gasteiger partial charge >= 0.3 is 7.60 Å². The lowest BCUT2D eigenvalue weighted by atomic mass is 10.2. The van der Waals surface area contributed by atoms with Crippen molar-refractivity contribution in [3.63, 3.8) is 0 Å². The molecule has 16 heavy (non-hydrogen) atoms. The van der Waals surface area contributed by atoms with Crippen molar-refractivity contribution in [3.8, 4) is 11.5 Å². The Morgan fingerprint density at radius 1 is 1.44 bits per heavy atom. The molecule has 1 aliphatic rings. The van der Waals surface area contributed by atoms with Gasteiger partial charge in [-0.25, -0.2) is 0 Å². The van der Waals surface area contributed by atoms with Crippen molar-refractivity contribution in [1.29, 1.82) is 0 Å². The van der Waals surface area contributed by atoms with Crippen molar-refractivity contribution in [2.75, 3.05) is 13.9 Å². The average molecular weight is 242 g/mol. The van der Waals surface area contributed by atoms with E-state index in [-0.39, 0.29) is 6.79 Å². The molecule has 0 radical (unpaired) electrons. The zero-order valence-electron chi connectivity index (χ0n) is 8.62. The van der Waals surface area contributed by atoms with Crippen molar-refractivity contribution in [2.45, 2.75) is 0 Å². The Hall–Kier alpha value is -1.29. The van der Waals surface area contributed by atoms with Crippen LogP contribution in [0.3, 0.4) is 0 Å². The minimum Gasteiger partial charge on any atom is -0.454 e. The maximum Gasteiger partial charge on any atom is 0.351 e. The Bertz CT molecular complexity index is 468. The van der Waals surface area contributed by atoms with E-state index in [9.17, 15) is 4.57 Å². The number of rotatable bonds is 3. The SMILES string of the molecule is COP(=O)(O)/C=C/c1ccc2c(c1)OCO2. The molecule has 0 aromatic heterocycles. The van der Waals surface area contributed by atoms with E-state index in [1.807, 2.05) is 0 Å². The van der Waals surface area contributed by atoms with Gasteiger partial charge in [-0.05, 0) is 23.8 Å². The highest BCUT2D eigenvalue weighted by Crippen LogP contribution is 2.43. The van der Waals surface area contributed by atoms with Crippen LogP contribution in [0, 0.1) is 0 Å². The fraction of sp³-hybridized carbons (Fsp3) is 0.200. The normalized spacial score (nSPS) is 17.6. The molecule has 1 unspecified atom stereocenters. The van der Waals surface area contributed by atoms with Gasteiger partial charge in [-0.15, -0.1) is 0 Å². The van der Waals surface area contributed by atoms with Crippen molar-refractivity contribution < 1.29 is 23.5 Å². The number of fused-ring (bicyclic) bond motifs is 1. The lowest BCUT2D eigenvalue weighted by molar-refractivity contribution is 0.174. The summed E-state index contributed by atoms with van der Waals surface area (Å²) >= 11 is 0. The molecule has 1 N–H and O–H groups in total. The molecule has 5 nitrogen and oxygen atoms in total. The van der Waals surface area contributed by atoms with E-state index < -0.39 is 7.60 Å². The van der Waals surface area contributed by atoms with Crippen LogP contribution in [0.1, 0.15) is 5.56 Å². The number of hydrogen-bond acceptors (Lipinski definition) is 4. The van der Waals surface area contributed by atoms with Crippen molar-refractivity contribution in [1.82, 2.24) is 0 Å².